The largest absolute Gasteiger partial charge is 0.381 e. The molecule has 30 heavy (non-hydrogen) atoms. The second-order valence-corrected chi connectivity index (χ2v) is 9.58. The molecule has 1 aromatic carbocycles. The molecule has 164 valence electrons. The van der Waals surface area contributed by atoms with Crippen molar-refractivity contribution in [3.05, 3.63) is 36.9 Å². The highest BCUT2D eigenvalue weighted by Crippen LogP contribution is 2.23. The Labute approximate surface area is 177 Å². The zero-order valence-electron chi connectivity index (χ0n) is 17.0. The van der Waals surface area contributed by atoms with Gasteiger partial charge in [0.1, 0.15) is 0 Å². The van der Waals surface area contributed by atoms with Gasteiger partial charge in [-0.05, 0) is 62.4 Å². The molecule has 2 saturated heterocycles. The van der Waals surface area contributed by atoms with Crippen LogP contribution in [0.3, 0.4) is 0 Å². The highest BCUT2D eigenvalue weighted by molar-refractivity contribution is 7.89. The number of nitrogens with zero attached hydrogens (tertiary/aromatic N) is 1. The van der Waals surface area contributed by atoms with Gasteiger partial charge in [-0.1, -0.05) is 6.58 Å². The van der Waals surface area contributed by atoms with Crippen molar-refractivity contribution in [2.24, 2.45) is 5.92 Å². The summed E-state index contributed by atoms with van der Waals surface area (Å²) in [7, 11) is -3.64. The maximum atomic E-state index is 13.0. The zero-order valence-corrected chi connectivity index (χ0v) is 17.8. The minimum Gasteiger partial charge on any atom is -0.381 e. The minimum absolute atomic E-state index is 0.0570. The van der Waals surface area contributed by atoms with E-state index in [0.29, 0.717) is 57.7 Å². The van der Waals surface area contributed by atoms with E-state index in [2.05, 4.69) is 17.2 Å². The number of carbonyl (C=O) groups excluding carboxylic acids is 2. The fourth-order valence-corrected chi connectivity index (χ4v) is 5.27. The fourth-order valence-electron chi connectivity index (χ4n) is 3.78. The van der Waals surface area contributed by atoms with Gasteiger partial charge in [-0.3, -0.25) is 9.59 Å². The SMILES string of the molecule is C=CC(=O)NC1CCCN(S(=O)(=O)c2ccc(NC(=O)C3CCOCC3)cc2)CC1. The lowest BCUT2D eigenvalue weighted by Crippen LogP contribution is -2.36. The van der Waals surface area contributed by atoms with E-state index < -0.39 is 10.0 Å². The number of amides is 2. The van der Waals surface area contributed by atoms with Crippen LogP contribution in [0, 0.1) is 5.92 Å². The zero-order chi connectivity index (χ0) is 21.6. The number of rotatable bonds is 6. The molecule has 0 aliphatic carbocycles. The van der Waals surface area contributed by atoms with Gasteiger partial charge >= 0.3 is 0 Å². The van der Waals surface area contributed by atoms with Crippen LogP contribution in [0.2, 0.25) is 0 Å². The van der Waals surface area contributed by atoms with Crippen molar-refractivity contribution in [2.45, 2.75) is 43.0 Å². The van der Waals surface area contributed by atoms with E-state index >= 15 is 0 Å². The van der Waals surface area contributed by atoms with Crippen molar-refractivity contribution in [1.29, 1.82) is 0 Å². The van der Waals surface area contributed by atoms with Crippen LogP contribution in [0.15, 0.2) is 41.8 Å². The fraction of sp³-hybridized carbons (Fsp3) is 0.524. The van der Waals surface area contributed by atoms with Gasteiger partial charge < -0.3 is 15.4 Å². The third kappa shape index (κ3) is 5.68. The first kappa shape index (κ1) is 22.5. The van der Waals surface area contributed by atoms with Crippen LogP contribution < -0.4 is 10.6 Å². The van der Waals surface area contributed by atoms with E-state index in [1.165, 1.54) is 22.5 Å². The van der Waals surface area contributed by atoms with Crippen LogP contribution in [0.4, 0.5) is 5.69 Å². The quantitative estimate of drug-likeness (QED) is 0.664. The highest BCUT2D eigenvalue weighted by atomic mass is 32.2. The first-order valence-corrected chi connectivity index (χ1v) is 11.8. The topological polar surface area (TPSA) is 105 Å². The van der Waals surface area contributed by atoms with Crippen molar-refractivity contribution in [3.63, 3.8) is 0 Å². The molecular formula is C21H29N3O5S. The molecule has 2 N–H and O–H groups in total. The average Bonchev–Trinajstić information content (AvgIpc) is 3.00. The normalized spacial score (nSPS) is 21.4. The van der Waals surface area contributed by atoms with Gasteiger partial charge in [0, 0.05) is 44.0 Å². The first-order chi connectivity index (χ1) is 14.4. The number of hydrogen-bond acceptors (Lipinski definition) is 5. The lowest BCUT2D eigenvalue weighted by Gasteiger charge is -2.22. The van der Waals surface area contributed by atoms with Crippen molar-refractivity contribution < 1.29 is 22.7 Å². The Balaban J connectivity index is 1.61. The summed E-state index contributed by atoms with van der Waals surface area (Å²) in [4.78, 5) is 24.0. The molecule has 2 aliphatic rings. The molecule has 8 nitrogen and oxygen atoms in total. The number of hydrogen-bond donors (Lipinski definition) is 2. The number of carbonyl (C=O) groups is 2. The number of nitrogens with one attached hydrogen (secondary N) is 2. The molecule has 3 rings (SSSR count). The summed E-state index contributed by atoms with van der Waals surface area (Å²) in [6.45, 7) is 5.37. The van der Waals surface area contributed by atoms with Crippen LogP contribution in [-0.4, -0.2) is 56.9 Å². The average molecular weight is 436 g/mol. The Kier molecular flexibility index (Phi) is 7.63. The molecule has 2 amide bonds. The number of anilines is 1. The van der Waals surface area contributed by atoms with Crippen molar-refractivity contribution in [3.8, 4) is 0 Å². The van der Waals surface area contributed by atoms with Gasteiger partial charge in [-0.2, -0.15) is 4.31 Å². The molecule has 0 spiro atoms. The number of sulfonamides is 1. The summed E-state index contributed by atoms with van der Waals surface area (Å²) < 4.78 is 32.8. The number of ether oxygens (including phenoxy) is 1. The van der Waals surface area contributed by atoms with Gasteiger partial charge in [0.2, 0.25) is 21.8 Å². The second kappa shape index (κ2) is 10.2. The summed E-state index contributed by atoms with van der Waals surface area (Å²) in [5.74, 6) is -0.377. The third-order valence-electron chi connectivity index (χ3n) is 5.57. The Bertz CT molecular complexity index is 863. The third-order valence-corrected chi connectivity index (χ3v) is 7.48. The molecule has 0 radical (unpaired) electrons. The molecule has 0 aromatic heterocycles. The van der Waals surface area contributed by atoms with Gasteiger partial charge in [0.05, 0.1) is 4.90 Å². The Morgan fingerprint density at radius 3 is 2.43 bits per heavy atom. The standard InChI is InChI=1S/C21H29N3O5S/c1-2-20(25)22-17-4-3-12-24(13-9-17)30(27,28)19-7-5-18(6-8-19)23-21(26)16-10-14-29-15-11-16/h2,5-8,16-17H,1,3-4,9-15H2,(H,22,25)(H,23,26). The Hall–Kier alpha value is -2.23. The van der Waals surface area contributed by atoms with Gasteiger partial charge in [-0.15, -0.1) is 0 Å². The monoisotopic (exact) mass is 435 g/mol. The maximum absolute atomic E-state index is 13.0. The van der Waals surface area contributed by atoms with E-state index in [1.54, 1.807) is 12.1 Å². The molecule has 2 heterocycles. The molecule has 1 unspecified atom stereocenters. The lowest BCUT2D eigenvalue weighted by molar-refractivity contribution is -0.122. The smallest absolute Gasteiger partial charge is 0.243 e. The van der Waals surface area contributed by atoms with Crippen LogP contribution in [0.1, 0.15) is 32.1 Å². The van der Waals surface area contributed by atoms with Gasteiger partial charge in [-0.25, -0.2) is 8.42 Å². The van der Waals surface area contributed by atoms with Crippen LogP contribution in [-0.2, 0) is 24.3 Å². The van der Waals surface area contributed by atoms with E-state index in [1.807, 2.05) is 0 Å². The summed E-state index contributed by atoms with van der Waals surface area (Å²) in [6.07, 6.45) is 4.56. The molecule has 0 bridgehead atoms. The Morgan fingerprint density at radius 2 is 1.77 bits per heavy atom. The molecular weight excluding hydrogens is 406 g/mol. The van der Waals surface area contributed by atoms with E-state index in [-0.39, 0.29) is 28.7 Å². The Morgan fingerprint density at radius 1 is 1.07 bits per heavy atom. The molecule has 1 atom stereocenters. The van der Waals surface area contributed by atoms with Crippen LogP contribution in [0.5, 0.6) is 0 Å². The predicted octanol–water partition coefficient (Wildman–Crippen LogP) is 1.90. The molecule has 1 aromatic rings. The maximum Gasteiger partial charge on any atom is 0.243 e. The predicted molar refractivity (Wildman–Crippen MR) is 113 cm³/mol. The summed E-state index contributed by atoms with van der Waals surface area (Å²) in [6, 6.07) is 6.23. The van der Waals surface area contributed by atoms with Crippen molar-refractivity contribution in [2.75, 3.05) is 31.6 Å². The lowest BCUT2D eigenvalue weighted by atomic mass is 9.99. The van der Waals surface area contributed by atoms with Gasteiger partial charge in [0.25, 0.3) is 0 Å². The first-order valence-electron chi connectivity index (χ1n) is 10.3. The van der Waals surface area contributed by atoms with E-state index in [9.17, 15) is 18.0 Å². The molecule has 2 aliphatic heterocycles. The summed E-state index contributed by atoms with van der Waals surface area (Å²) in [5.41, 5.74) is 0.577. The molecule has 0 saturated carbocycles. The van der Waals surface area contributed by atoms with Crippen LogP contribution in [0.25, 0.3) is 0 Å². The highest BCUT2D eigenvalue weighted by Gasteiger charge is 2.28. The van der Waals surface area contributed by atoms with E-state index in [0.717, 1.165) is 6.42 Å². The molecule has 9 heteroatoms. The second-order valence-electron chi connectivity index (χ2n) is 7.64. The van der Waals surface area contributed by atoms with Crippen molar-refractivity contribution >= 4 is 27.5 Å². The van der Waals surface area contributed by atoms with E-state index in [4.69, 9.17) is 4.74 Å². The summed E-state index contributed by atoms with van der Waals surface area (Å²) in [5, 5.41) is 5.70. The minimum atomic E-state index is -3.64. The van der Waals surface area contributed by atoms with Crippen molar-refractivity contribution in [1.82, 2.24) is 9.62 Å². The number of benzene rings is 1. The van der Waals surface area contributed by atoms with Gasteiger partial charge in [0.15, 0.2) is 0 Å². The summed E-state index contributed by atoms with van der Waals surface area (Å²) >= 11 is 0. The van der Waals surface area contributed by atoms with Crippen LogP contribution >= 0.6 is 0 Å². The molecule has 2 fully saturated rings.